The van der Waals surface area contributed by atoms with Crippen molar-refractivity contribution in [2.75, 3.05) is 13.2 Å². The van der Waals surface area contributed by atoms with Crippen molar-refractivity contribution in [2.45, 2.75) is 450 Å². The normalized spacial score (nSPS) is 12.5. The molecule has 0 bridgehead atoms. The summed E-state index contributed by atoms with van der Waals surface area (Å²) in [5.74, 6) is -0.00478. The molecule has 1 amide bonds. The quantitative estimate of drug-likeness (QED) is 0.0320. The Bertz CT molecular complexity index is 1240. The van der Waals surface area contributed by atoms with Crippen LogP contribution in [-0.2, 0) is 14.3 Å². The standard InChI is InChI=1S/C76H149NO5/c1-3-5-7-9-11-13-15-17-18-19-39-42-45-48-52-56-60-64-68-74(79)73(72-78)77-75(80)69-65-61-57-53-49-46-43-40-37-35-33-31-29-27-25-23-21-20-22-24-26-28-30-32-34-36-38-41-44-47-51-55-59-63-67-71-82-76(81)70-66-62-58-54-50-16-14-12-10-8-6-4-2/h22,24,73-74,78-79H,3-21,23,25-72H2,1-2H3,(H,77,80)/b24-22-. The minimum atomic E-state index is -0.661. The average Bonchev–Trinajstić information content (AvgIpc) is 3.48. The highest BCUT2D eigenvalue weighted by atomic mass is 16.5. The third kappa shape index (κ3) is 67.7. The zero-order valence-corrected chi connectivity index (χ0v) is 56.0. The lowest BCUT2D eigenvalue weighted by Gasteiger charge is -2.22. The van der Waals surface area contributed by atoms with Gasteiger partial charge in [0.15, 0.2) is 0 Å². The highest BCUT2D eigenvalue weighted by Gasteiger charge is 2.20. The Balaban J connectivity index is 3.33. The Hall–Kier alpha value is -1.40. The molecule has 2 atom stereocenters. The maximum absolute atomic E-state index is 12.5. The van der Waals surface area contributed by atoms with E-state index in [1.54, 1.807) is 0 Å². The van der Waals surface area contributed by atoms with Crippen LogP contribution < -0.4 is 5.32 Å². The van der Waals surface area contributed by atoms with Gasteiger partial charge >= 0.3 is 5.97 Å². The fourth-order valence-corrected chi connectivity index (χ4v) is 12.3. The van der Waals surface area contributed by atoms with E-state index in [0.717, 1.165) is 38.5 Å². The first-order chi connectivity index (χ1) is 40.5. The zero-order chi connectivity index (χ0) is 59.2. The Morgan fingerprint density at radius 3 is 0.866 bits per heavy atom. The third-order valence-electron chi connectivity index (χ3n) is 18.1. The highest BCUT2D eigenvalue weighted by Crippen LogP contribution is 2.20. The summed E-state index contributed by atoms with van der Waals surface area (Å²) < 4.78 is 5.49. The van der Waals surface area contributed by atoms with Gasteiger partial charge in [0.25, 0.3) is 0 Å². The molecule has 0 spiro atoms. The van der Waals surface area contributed by atoms with E-state index >= 15 is 0 Å². The van der Waals surface area contributed by atoms with Crippen molar-refractivity contribution < 1.29 is 24.5 Å². The number of carbonyl (C=O) groups excluding carboxylic acids is 2. The molecule has 0 aliphatic heterocycles. The van der Waals surface area contributed by atoms with E-state index in [1.165, 1.54) is 366 Å². The van der Waals surface area contributed by atoms with Crippen molar-refractivity contribution in [3.8, 4) is 0 Å². The first kappa shape index (κ1) is 80.6. The van der Waals surface area contributed by atoms with Crippen LogP contribution in [0.2, 0.25) is 0 Å². The van der Waals surface area contributed by atoms with Gasteiger partial charge in [-0.15, -0.1) is 0 Å². The Kier molecular flexibility index (Phi) is 70.8. The summed E-state index contributed by atoms with van der Waals surface area (Å²) in [6.07, 6.45) is 90.1. The number of amides is 1. The summed E-state index contributed by atoms with van der Waals surface area (Å²) in [4.78, 5) is 24.6. The van der Waals surface area contributed by atoms with Crippen molar-refractivity contribution in [3.63, 3.8) is 0 Å². The predicted molar refractivity (Wildman–Crippen MR) is 361 cm³/mol. The van der Waals surface area contributed by atoms with E-state index in [1.807, 2.05) is 0 Å². The first-order valence-electron chi connectivity index (χ1n) is 37.9. The fourth-order valence-electron chi connectivity index (χ4n) is 12.3. The lowest BCUT2D eigenvalue weighted by Crippen LogP contribution is -2.45. The summed E-state index contributed by atoms with van der Waals surface area (Å²) in [6.45, 7) is 5.00. The van der Waals surface area contributed by atoms with Crippen LogP contribution in [0.1, 0.15) is 438 Å². The lowest BCUT2D eigenvalue weighted by molar-refractivity contribution is -0.143. The van der Waals surface area contributed by atoms with E-state index < -0.39 is 12.1 Å². The summed E-state index contributed by atoms with van der Waals surface area (Å²) >= 11 is 0. The number of carbonyl (C=O) groups is 2. The Labute approximate surface area is 514 Å². The van der Waals surface area contributed by atoms with Gasteiger partial charge in [0.2, 0.25) is 5.91 Å². The molecule has 0 aromatic rings. The van der Waals surface area contributed by atoms with Crippen LogP contribution in [0.4, 0.5) is 0 Å². The summed E-state index contributed by atoms with van der Waals surface area (Å²) in [5.41, 5.74) is 0. The predicted octanol–water partition coefficient (Wildman–Crippen LogP) is 24.7. The fraction of sp³-hybridized carbons (Fsp3) is 0.947. The van der Waals surface area contributed by atoms with Crippen LogP contribution >= 0.6 is 0 Å². The number of rotatable bonds is 72. The smallest absolute Gasteiger partial charge is 0.305 e. The molecular formula is C76H149NO5. The van der Waals surface area contributed by atoms with E-state index in [-0.39, 0.29) is 18.5 Å². The molecule has 0 saturated heterocycles. The van der Waals surface area contributed by atoms with E-state index in [9.17, 15) is 19.8 Å². The van der Waals surface area contributed by atoms with Gasteiger partial charge in [-0.3, -0.25) is 9.59 Å². The second-order valence-corrected chi connectivity index (χ2v) is 26.3. The molecule has 0 aliphatic rings. The molecule has 82 heavy (non-hydrogen) atoms. The molecule has 0 aromatic heterocycles. The second kappa shape index (κ2) is 72.1. The SMILES string of the molecule is CCCCCCCCCCCCCCCCCCCCC(O)C(CO)NC(=O)CCCCCCCCCCCCCCCCCCC/C=C\CCCCCCCCCCCCCCCCOC(=O)CCCCCCCCCCCCCC. The summed E-state index contributed by atoms with van der Waals surface area (Å²) in [7, 11) is 0. The average molecular weight is 1160 g/mol. The lowest BCUT2D eigenvalue weighted by atomic mass is 10.0. The van der Waals surface area contributed by atoms with Crippen LogP contribution in [0.5, 0.6) is 0 Å². The third-order valence-corrected chi connectivity index (χ3v) is 18.1. The molecule has 0 saturated carbocycles. The van der Waals surface area contributed by atoms with Crippen LogP contribution in [-0.4, -0.2) is 47.4 Å². The molecule has 0 fully saturated rings. The van der Waals surface area contributed by atoms with Gasteiger partial charge in [0, 0.05) is 12.8 Å². The van der Waals surface area contributed by atoms with Crippen molar-refractivity contribution in [1.82, 2.24) is 5.32 Å². The minimum absolute atomic E-state index is 0.0219. The van der Waals surface area contributed by atoms with Crippen molar-refractivity contribution in [2.24, 2.45) is 0 Å². The Morgan fingerprint density at radius 2 is 0.573 bits per heavy atom. The van der Waals surface area contributed by atoms with Crippen LogP contribution in [0.3, 0.4) is 0 Å². The maximum Gasteiger partial charge on any atom is 0.305 e. The van der Waals surface area contributed by atoms with Crippen LogP contribution in [0, 0.1) is 0 Å². The molecule has 0 heterocycles. The first-order valence-corrected chi connectivity index (χ1v) is 37.9. The number of hydrogen-bond donors (Lipinski definition) is 3. The maximum atomic E-state index is 12.5. The monoisotopic (exact) mass is 1160 g/mol. The summed E-state index contributed by atoms with van der Waals surface area (Å²) in [6, 6.07) is -0.538. The molecule has 488 valence electrons. The van der Waals surface area contributed by atoms with Crippen molar-refractivity contribution in [1.29, 1.82) is 0 Å². The van der Waals surface area contributed by atoms with Crippen molar-refractivity contribution in [3.05, 3.63) is 12.2 Å². The number of aliphatic hydroxyl groups is 2. The zero-order valence-electron chi connectivity index (χ0n) is 56.0. The molecule has 6 heteroatoms. The van der Waals surface area contributed by atoms with Gasteiger partial charge in [-0.05, 0) is 51.4 Å². The molecule has 2 unspecified atom stereocenters. The number of allylic oxidation sites excluding steroid dienone is 2. The molecule has 0 aliphatic carbocycles. The van der Waals surface area contributed by atoms with Gasteiger partial charge in [-0.25, -0.2) is 0 Å². The van der Waals surface area contributed by atoms with Gasteiger partial charge < -0.3 is 20.3 Å². The molecule has 0 aromatic carbocycles. The molecule has 0 radical (unpaired) electrons. The Morgan fingerprint density at radius 1 is 0.329 bits per heavy atom. The van der Waals surface area contributed by atoms with Gasteiger partial charge in [-0.2, -0.15) is 0 Å². The molecule has 6 nitrogen and oxygen atoms in total. The van der Waals surface area contributed by atoms with Gasteiger partial charge in [0.05, 0.1) is 25.4 Å². The second-order valence-electron chi connectivity index (χ2n) is 26.3. The van der Waals surface area contributed by atoms with E-state index in [4.69, 9.17) is 4.74 Å². The highest BCUT2D eigenvalue weighted by molar-refractivity contribution is 5.76. The number of unbranched alkanes of at least 4 members (excludes halogenated alkanes) is 59. The minimum Gasteiger partial charge on any atom is -0.466 e. The molecular weight excluding hydrogens is 1010 g/mol. The van der Waals surface area contributed by atoms with Gasteiger partial charge in [-0.1, -0.05) is 386 Å². The number of nitrogens with one attached hydrogen (secondary N) is 1. The number of aliphatic hydroxyl groups excluding tert-OH is 2. The van der Waals surface area contributed by atoms with Crippen molar-refractivity contribution >= 4 is 11.9 Å². The van der Waals surface area contributed by atoms with E-state index in [0.29, 0.717) is 25.9 Å². The summed E-state index contributed by atoms with van der Waals surface area (Å²) in [5, 5.41) is 23.4. The number of ether oxygens (including phenoxy) is 1. The molecule has 0 rings (SSSR count). The van der Waals surface area contributed by atoms with Gasteiger partial charge in [0.1, 0.15) is 0 Å². The largest absolute Gasteiger partial charge is 0.466 e. The molecule has 3 N–H and O–H groups in total. The van der Waals surface area contributed by atoms with E-state index in [2.05, 4.69) is 31.3 Å². The number of hydrogen-bond acceptors (Lipinski definition) is 5. The number of esters is 1. The topological polar surface area (TPSA) is 95.9 Å². The van der Waals surface area contributed by atoms with Crippen LogP contribution in [0.15, 0.2) is 12.2 Å². The van der Waals surface area contributed by atoms with Crippen LogP contribution in [0.25, 0.3) is 0 Å².